The third-order valence-corrected chi connectivity index (χ3v) is 6.22. The number of hydrogen-bond acceptors (Lipinski definition) is 10. The van der Waals surface area contributed by atoms with Gasteiger partial charge in [-0.05, 0) is 36.5 Å². The fraction of sp³-hybridized carbons (Fsp3) is 0.591. The van der Waals surface area contributed by atoms with Crippen LogP contribution in [0.15, 0.2) is 28.8 Å². The molecular formula is C22H28F3N5O6S. The van der Waals surface area contributed by atoms with E-state index in [0.29, 0.717) is 17.2 Å². The van der Waals surface area contributed by atoms with Gasteiger partial charge >= 0.3 is 6.36 Å². The lowest BCUT2D eigenvalue weighted by molar-refractivity contribution is -0.274. The molecule has 4 N–H and O–H groups in total. The van der Waals surface area contributed by atoms with Gasteiger partial charge in [-0.25, -0.2) is 0 Å². The van der Waals surface area contributed by atoms with Crippen LogP contribution in [0.2, 0.25) is 0 Å². The minimum absolute atomic E-state index is 0.0270. The molecule has 37 heavy (non-hydrogen) atoms. The van der Waals surface area contributed by atoms with Gasteiger partial charge in [-0.1, -0.05) is 5.16 Å². The summed E-state index contributed by atoms with van der Waals surface area (Å²) in [5.41, 5.74) is 0.411. The van der Waals surface area contributed by atoms with Crippen LogP contribution in [0.1, 0.15) is 5.89 Å². The Labute approximate surface area is 215 Å². The summed E-state index contributed by atoms with van der Waals surface area (Å²) in [5, 5.41) is 31.2. The number of nitrogens with zero attached hydrogens (tertiary/aromatic N) is 3. The lowest BCUT2D eigenvalue weighted by Crippen LogP contribution is -2.46. The Kier molecular flexibility index (Phi) is 9.15. The van der Waals surface area contributed by atoms with Crippen molar-refractivity contribution in [2.45, 2.75) is 37.2 Å². The Balaban J connectivity index is 1.22. The first kappa shape index (κ1) is 27.5. The molecule has 3 heterocycles. The zero-order chi connectivity index (χ0) is 26.4. The van der Waals surface area contributed by atoms with E-state index in [0.717, 1.165) is 45.0 Å². The molecule has 1 aromatic heterocycles. The van der Waals surface area contributed by atoms with Crippen LogP contribution in [0.25, 0.3) is 11.4 Å². The molecule has 2 aliphatic heterocycles. The molecular weight excluding hydrogens is 519 g/mol. The maximum atomic E-state index is 12.3. The van der Waals surface area contributed by atoms with Crippen molar-refractivity contribution >= 4 is 17.3 Å². The second-order valence-corrected chi connectivity index (χ2v) is 8.98. The summed E-state index contributed by atoms with van der Waals surface area (Å²) in [6, 6.07) is 5.00. The first-order valence-corrected chi connectivity index (χ1v) is 12.1. The standard InChI is InChI=1S/C22H28F3N5O6S/c23-22(24,25)35-14-3-1-13(2-4-14)20-28-17(36-29-20)11-15-18(31)19(32)16(34-15)12-27-21(37)26-5-6-30-7-9-33-10-8-30/h1-4,15-16,18-19,31-32H,5-12H2,(H2,26,27,37)/t15-,16+,18-,19+/m0/s1. The van der Waals surface area contributed by atoms with Crippen molar-refractivity contribution in [3.8, 4) is 17.1 Å². The third-order valence-electron chi connectivity index (χ3n) is 5.93. The summed E-state index contributed by atoms with van der Waals surface area (Å²) in [7, 11) is 0. The normalized spacial score (nSPS) is 24.7. The predicted molar refractivity (Wildman–Crippen MR) is 127 cm³/mol. The number of benzene rings is 1. The summed E-state index contributed by atoms with van der Waals surface area (Å²) in [6.45, 7) is 4.88. The molecule has 0 aliphatic carbocycles. The molecule has 15 heteroatoms. The number of rotatable bonds is 9. The van der Waals surface area contributed by atoms with Crippen molar-refractivity contribution in [3.63, 3.8) is 0 Å². The van der Waals surface area contributed by atoms with E-state index in [-0.39, 0.29) is 30.4 Å². The number of morpholine rings is 1. The summed E-state index contributed by atoms with van der Waals surface area (Å²) in [4.78, 5) is 6.48. The maximum absolute atomic E-state index is 12.3. The van der Waals surface area contributed by atoms with Crippen LogP contribution < -0.4 is 15.4 Å². The molecule has 0 radical (unpaired) electrons. The number of nitrogens with one attached hydrogen (secondary N) is 2. The van der Waals surface area contributed by atoms with Crippen molar-refractivity contribution < 1.29 is 42.1 Å². The van der Waals surface area contributed by atoms with Crippen molar-refractivity contribution in [2.75, 3.05) is 45.9 Å². The summed E-state index contributed by atoms with van der Waals surface area (Å²) < 4.78 is 57.1. The molecule has 2 fully saturated rings. The van der Waals surface area contributed by atoms with Gasteiger partial charge in [-0.3, -0.25) is 4.90 Å². The van der Waals surface area contributed by atoms with Crippen molar-refractivity contribution in [1.29, 1.82) is 0 Å². The topological polar surface area (TPSA) is 134 Å². The van der Waals surface area contributed by atoms with E-state index in [1.807, 2.05) is 0 Å². The molecule has 0 unspecified atom stereocenters. The number of aliphatic hydroxyl groups excluding tert-OH is 2. The van der Waals surface area contributed by atoms with E-state index < -0.39 is 30.8 Å². The van der Waals surface area contributed by atoms with E-state index in [1.54, 1.807) is 0 Å². The van der Waals surface area contributed by atoms with E-state index >= 15 is 0 Å². The van der Waals surface area contributed by atoms with Gasteiger partial charge in [0, 0.05) is 38.3 Å². The first-order valence-electron chi connectivity index (χ1n) is 11.7. The molecule has 1 aromatic carbocycles. The van der Waals surface area contributed by atoms with Gasteiger partial charge in [-0.15, -0.1) is 13.2 Å². The number of ether oxygens (including phenoxy) is 3. The molecule has 0 amide bonds. The molecule has 2 aromatic rings. The number of thiocarbonyl (C=S) groups is 1. The van der Waals surface area contributed by atoms with Gasteiger partial charge in [0.15, 0.2) is 5.11 Å². The van der Waals surface area contributed by atoms with E-state index in [2.05, 4.69) is 30.4 Å². The van der Waals surface area contributed by atoms with Gasteiger partial charge in [0.25, 0.3) is 0 Å². The largest absolute Gasteiger partial charge is 0.573 e. The van der Waals surface area contributed by atoms with Crippen LogP contribution in [0, 0.1) is 0 Å². The highest BCUT2D eigenvalue weighted by Crippen LogP contribution is 2.27. The molecule has 11 nitrogen and oxygen atoms in total. The number of halogens is 3. The molecule has 4 atom stereocenters. The van der Waals surface area contributed by atoms with Gasteiger partial charge in [0.05, 0.1) is 25.7 Å². The van der Waals surface area contributed by atoms with Crippen molar-refractivity contribution in [2.24, 2.45) is 0 Å². The highest BCUT2D eigenvalue weighted by molar-refractivity contribution is 7.80. The Morgan fingerprint density at radius 1 is 1.11 bits per heavy atom. The first-order chi connectivity index (χ1) is 17.7. The van der Waals surface area contributed by atoms with Gasteiger partial charge < -0.3 is 39.6 Å². The van der Waals surface area contributed by atoms with Crippen LogP contribution in [0.3, 0.4) is 0 Å². The number of hydrogen-bond donors (Lipinski definition) is 4. The van der Waals surface area contributed by atoms with Crippen LogP contribution in [-0.4, -0.2) is 107 Å². The Hall–Kier alpha value is -2.56. The third kappa shape index (κ3) is 7.96. The number of aliphatic hydroxyl groups is 2. The maximum Gasteiger partial charge on any atom is 0.573 e. The van der Waals surface area contributed by atoms with E-state index in [1.165, 1.54) is 12.1 Å². The summed E-state index contributed by atoms with van der Waals surface area (Å²) in [6.07, 6.45) is -8.63. The monoisotopic (exact) mass is 547 g/mol. The zero-order valence-corrected chi connectivity index (χ0v) is 20.5. The minimum atomic E-state index is -4.79. The average molecular weight is 548 g/mol. The molecule has 4 rings (SSSR count). The second-order valence-electron chi connectivity index (χ2n) is 8.57. The lowest BCUT2D eigenvalue weighted by Gasteiger charge is -2.26. The van der Waals surface area contributed by atoms with Crippen LogP contribution >= 0.6 is 12.2 Å². The number of aromatic nitrogens is 2. The SMILES string of the molecule is O[C@@H]1[C@H](O)[C@@H](CNC(=S)NCCN2CCOCC2)O[C@H]1Cc1nc(-c2ccc(OC(F)(F)F)cc2)no1. The number of alkyl halides is 3. The van der Waals surface area contributed by atoms with Gasteiger partial charge in [0.2, 0.25) is 11.7 Å². The van der Waals surface area contributed by atoms with Gasteiger partial charge in [0.1, 0.15) is 24.1 Å². The minimum Gasteiger partial charge on any atom is -0.406 e. The summed E-state index contributed by atoms with van der Waals surface area (Å²) >= 11 is 5.28. The quantitative estimate of drug-likeness (QED) is 0.325. The highest BCUT2D eigenvalue weighted by atomic mass is 32.1. The van der Waals surface area contributed by atoms with E-state index in [4.69, 9.17) is 26.2 Å². The average Bonchev–Trinajstić information content (AvgIpc) is 3.43. The predicted octanol–water partition coefficient (Wildman–Crippen LogP) is 0.463. The van der Waals surface area contributed by atoms with Gasteiger partial charge in [-0.2, -0.15) is 4.98 Å². The lowest BCUT2D eigenvalue weighted by atomic mass is 10.1. The molecule has 0 spiro atoms. The van der Waals surface area contributed by atoms with Crippen LogP contribution in [0.4, 0.5) is 13.2 Å². The van der Waals surface area contributed by atoms with Crippen LogP contribution in [0.5, 0.6) is 5.75 Å². The second kappa shape index (κ2) is 12.3. The smallest absolute Gasteiger partial charge is 0.406 e. The summed E-state index contributed by atoms with van der Waals surface area (Å²) in [5.74, 6) is -0.0908. The Morgan fingerprint density at radius 2 is 1.81 bits per heavy atom. The van der Waals surface area contributed by atoms with Crippen molar-refractivity contribution in [3.05, 3.63) is 30.2 Å². The zero-order valence-electron chi connectivity index (χ0n) is 19.7. The Bertz CT molecular complexity index is 1020. The molecule has 0 bridgehead atoms. The fourth-order valence-corrected chi connectivity index (χ4v) is 4.19. The molecule has 0 saturated carbocycles. The highest BCUT2D eigenvalue weighted by Gasteiger charge is 2.43. The Morgan fingerprint density at radius 3 is 2.51 bits per heavy atom. The molecule has 2 saturated heterocycles. The van der Waals surface area contributed by atoms with Crippen molar-refractivity contribution in [1.82, 2.24) is 25.7 Å². The fourth-order valence-electron chi connectivity index (χ4n) is 4.00. The molecule has 2 aliphatic rings. The van der Waals surface area contributed by atoms with Crippen LogP contribution in [-0.2, 0) is 15.9 Å². The molecule has 204 valence electrons. The van der Waals surface area contributed by atoms with E-state index in [9.17, 15) is 23.4 Å².